The fraction of sp³-hybridized carbons (Fsp3) is 0.643. The summed E-state index contributed by atoms with van der Waals surface area (Å²) < 4.78 is 30.9. The van der Waals surface area contributed by atoms with Gasteiger partial charge in [0.2, 0.25) is 10.0 Å². The summed E-state index contributed by atoms with van der Waals surface area (Å²) >= 11 is 0. The van der Waals surface area contributed by atoms with Gasteiger partial charge < -0.3 is 9.64 Å². The number of ether oxygens (including phenoxy) is 1. The van der Waals surface area contributed by atoms with Gasteiger partial charge >= 0.3 is 0 Å². The molecule has 0 atom stereocenters. The first-order valence-electron chi connectivity index (χ1n) is 7.18. The van der Waals surface area contributed by atoms with Gasteiger partial charge in [0, 0.05) is 45.6 Å². The second-order valence-electron chi connectivity index (χ2n) is 5.19. The predicted molar refractivity (Wildman–Crippen MR) is 83.0 cm³/mol. The third-order valence-corrected chi connectivity index (χ3v) is 5.54. The highest BCUT2D eigenvalue weighted by atomic mass is 32.2. The lowest BCUT2D eigenvalue weighted by molar-refractivity contribution is 0.199. The molecule has 1 aromatic rings. The lowest BCUT2D eigenvalue weighted by Crippen LogP contribution is -2.49. The highest BCUT2D eigenvalue weighted by molar-refractivity contribution is 7.89. The summed E-state index contributed by atoms with van der Waals surface area (Å²) in [7, 11) is -1.58. The lowest BCUT2D eigenvalue weighted by atomic mass is 10.3. The van der Waals surface area contributed by atoms with Crippen LogP contribution in [0.25, 0.3) is 0 Å². The van der Waals surface area contributed by atoms with Crippen molar-refractivity contribution >= 4 is 15.8 Å². The fourth-order valence-corrected chi connectivity index (χ4v) is 3.88. The fourth-order valence-electron chi connectivity index (χ4n) is 2.41. The first kappa shape index (κ1) is 16.2. The van der Waals surface area contributed by atoms with Gasteiger partial charge in [-0.3, -0.25) is 0 Å². The Bertz CT molecular complexity index is 554. The van der Waals surface area contributed by atoms with E-state index in [1.165, 1.54) is 0 Å². The molecule has 118 valence electrons. The van der Waals surface area contributed by atoms with Crippen molar-refractivity contribution in [3.8, 4) is 0 Å². The van der Waals surface area contributed by atoms with Crippen molar-refractivity contribution in [3.63, 3.8) is 0 Å². The maximum Gasteiger partial charge on any atom is 0.214 e. The molecule has 0 saturated carbocycles. The number of aryl methyl sites for hydroxylation is 1. The summed E-state index contributed by atoms with van der Waals surface area (Å²) in [5, 5.41) is 0. The van der Waals surface area contributed by atoms with Crippen molar-refractivity contribution in [3.05, 3.63) is 23.9 Å². The molecule has 21 heavy (non-hydrogen) atoms. The van der Waals surface area contributed by atoms with Crippen molar-refractivity contribution in [1.29, 1.82) is 0 Å². The van der Waals surface area contributed by atoms with Crippen molar-refractivity contribution in [2.75, 3.05) is 50.5 Å². The number of piperazine rings is 1. The Hall–Kier alpha value is -1.18. The molecule has 0 N–H and O–H groups in total. The van der Waals surface area contributed by atoms with Crippen LogP contribution in [0.5, 0.6) is 0 Å². The highest BCUT2D eigenvalue weighted by Gasteiger charge is 2.26. The molecule has 1 aromatic heterocycles. The second kappa shape index (κ2) is 7.20. The Labute approximate surface area is 126 Å². The number of methoxy groups -OCH3 is 1. The molecule has 0 amide bonds. The standard InChI is InChI=1S/C14H23N3O3S/c1-13-5-3-6-14(15-13)16-7-9-17(10-8-16)21(18,19)12-4-11-20-2/h3,5-6H,4,7-12H2,1-2H3. The molecular weight excluding hydrogens is 290 g/mol. The Balaban J connectivity index is 1.91. The average molecular weight is 313 g/mol. The maximum atomic E-state index is 12.2. The Morgan fingerprint density at radius 1 is 1.24 bits per heavy atom. The molecule has 0 radical (unpaired) electrons. The average Bonchev–Trinajstić information content (AvgIpc) is 2.47. The quantitative estimate of drug-likeness (QED) is 0.730. The molecule has 0 aliphatic carbocycles. The molecule has 1 aliphatic heterocycles. The van der Waals surface area contributed by atoms with Gasteiger partial charge in [0.25, 0.3) is 0 Å². The third kappa shape index (κ3) is 4.39. The number of pyridine rings is 1. The number of nitrogens with zero attached hydrogens (tertiary/aromatic N) is 3. The van der Waals surface area contributed by atoms with Gasteiger partial charge in [-0.25, -0.2) is 13.4 Å². The zero-order chi connectivity index (χ0) is 15.3. The smallest absolute Gasteiger partial charge is 0.214 e. The number of hydrogen-bond donors (Lipinski definition) is 0. The van der Waals surface area contributed by atoms with Gasteiger partial charge in [-0.2, -0.15) is 4.31 Å². The van der Waals surface area contributed by atoms with E-state index in [0.717, 1.165) is 11.5 Å². The van der Waals surface area contributed by atoms with Crippen LogP contribution in [-0.4, -0.2) is 63.4 Å². The van der Waals surface area contributed by atoms with E-state index < -0.39 is 10.0 Å². The van der Waals surface area contributed by atoms with E-state index in [4.69, 9.17) is 4.74 Å². The second-order valence-corrected chi connectivity index (χ2v) is 7.27. The number of hydrogen-bond acceptors (Lipinski definition) is 5. The van der Waals surface area contributed by atoms with Crippen LogP contribution in [0.1, 0.15) is 12.1 Å². The minimum absolute atomic E-state index is 0.156. The third-order valence-electron chi connectivity index (χ3n) is 3.58. The molecule has 0 unspecified atom stereocenters. The number of aromatic nitrogens is 1. The van der Waals surface area contributed by atoms with Gasteiger partial charge in [0.05, 0.1) is 5.75 Å². The van der Waals surface area contributed by atoms with Crippen LogP contribution in [0.4, 0.5) is 5.82 Å². The molecule has 0 aromatic carbocycles. The van der Waals surface area contributed by atoms with Crippen LogP contribution in [-0.2, 0) is 14.8 Å². The Morgan fingerprint density at radius 3 is 2.57 bits per heavy atom. The van der Waals surface area contributed by atoms with E-state index in [1.54, 1.807) is 11.4 Å². The van der Waals surface area contributed by atoms with Gasteiger partial charge in [-0.05, 0) is 25.5 Å². The van der Waals surface area contributed by atoms with Crippen LogP contribution in [0.15, 0.2) is 18.2 Å². The van der Waals surface area contributed by atoms with Crippen LogP contribution < -0.4 is 4.90 Å². The molecule has 7 heteroatoms. The van der Waals surface area contributed by atoms with Crippen molar-refractivity contribution in [1.82, 2.24) is 9.29 Å². The van der Waals surface area contributed by atoms with Crippen LogP contribution in [0.2, 0.25) is 0 Å². The summed E-state index contributed by atoms with van der Waals surface area (Å²) in [6.07, 6.45) is 0.540. The SMILES string of the molecule is COCCCS(=O)(=O)N1CCN(c2cccc(C)n2)CC1. The number of sulfonamides is 1. The van der Waals surface area contributed by atoms with Gasteiger partial charge in [-0.15, -0.1) is 0 Å². The minimum atomic E-state index is -3.16. The first-order valence-corrected chi connectivity index (χ1v) is 8.79. The molecule has 0 spiro atoms. The molecule has 1 aliphatic rings. The molecule has 2 rings (SSSR count). The molecule has 1 fully saturated rings. The Morgan fingerprint density at radius 2 is 1.95 bits per heavy atom. The van der Waals surface area contributed by atoms with Crippen LogP contribution in [0, 0.1) is 6.92 Å². The molecular formula is C14H23N3O3S. The van der Waals surface area contributed by atoms with Crippen LogP contribution >= 0.6 is 0 Å². The largest absolute Gasteiger partial charge is 0.385 e. The van der Waals surface area contributed by atoms with E-state index in [9.17, 15) is 8.42 Å². The predicted octanol–water partition coefficient (Wildman–Crippen LogP) is 0.878. The molecule has 1 saturated heterocycles. The van der Waals surface area contributed by atoms with Gasteiger partial charge in [0.15, 0.2) is 0 Å². The highest BCUT2D eigenvalue weighted by Crippen LogP contribution is 2.16. The van der Waals surface area contributed by atoms with Crippen LogP contribution in [0.3, 0.4) is 0 Å². The van der Waals surface area contributed by atoms with E-state index in [0.29, 0.717) is 39.2 Å². The first-order chi connectivity index (χ1) is 10.0. The molecule has 0 bridgehead atoms. The summed E-state index contributed by atoms with van der Waals surface area (Å²) in [6.45, 7) is 4.84. The van der Waals surface area contributed by atoms with E-state index in [2.05, 4.69) is 9.88 Å². The molecule has 6 nitrogen and oxygen atoms in total. The van der Waals surface area contributed by atoms with Crippen molar-refractivity contribution in [2.45, 2.75) is 13.3 Å². The lowest BCUT2D eigenvalue weighted by Gasteiger charge is -2.34. The monoisotopic (exact) mass is 313 g/mol. The van der Waals surface area contributed by atoms with Gasteiger partial charge in [-0.1, -0.05) is 6.07 Å². The summed E-state index contributed by atoms with van der Waals surface area (Å²) in [4.78, 5) is 6.62. The minimum Gasteiger partial charge on any atom is -0.385 e. The van der Waals surface area contributed by atoms with E-state index in [-0.39, 0.29) is 5.75 Å². The maximum absolute atomic E-state index is 12.2. The summed E-state index contributed by atoms with van der Waals surface area (Å²) in [6, 6.07) is 5.90. The van der Waals surface area contributed by atoms with Crippen molar-refractivity contribution < 1.29 is 13.2 Å². The summed E-state index contributed by atoms with van der Waals surface area (Å²) in [5.74, 6) is 1.08. The molecule has 2 heterocycles. The van der Waals surface area contributed by atoms with Gasteiger partial charge in [0.1, 0.15) is 5.82 Å². The zero-order valence-corrected chi connectivity index (χ0v) is 13.5. The normalized spacial score (nSPS) is 17.1. The summed E-state index contributed by atoms with van der Waals surface area (Å²) in [5.41, 5.74) is 0.974. The topological polar surface area (TPSA) is 62.7 Å². The zero-order valence-electron chi connectivity index (χ0n) is 12.7. The van der Waals surface area contributed by atoms with E-state index >= 15 is 0 Å². The Kier molecular flexibility index (Phi) is 5.55. The number of anilines is 1. The van der Waals surface area contributed by atoms with E-state index in [1.807, 2.05) is 25.1 Å². The van der Waals surface area contributed by atoms with Crippen molar-refractivity contribution in [2.24, 2.45) is 0 Å². The number of rotatable bonds is 6.